The van der Waals surface area contributed by atoms with Crippen LogP contribution in [-0.4, -0.2) is 16.3 Å². The fourth-order valence-electron chi connectivity index (χ4n) is 1.90. The van der Waals surface area contributed by atoms with Gasteiger partial charge in [0.15, 0.2) is 3.95 Å². The SMILES string of the molecule is O=C(OCc1ccccc1)N(Cc1ccco1)c1n[nH]c(=S)s1. The predicted molar refractivity (Wildman–Crippen MR) is 88.8 cm³/mol. The van der Waals surface area contributed by atoms with E-state index in [1.165, 1.54) is 16.2 Å². The van der Waals surface area contributed by atoms with Gasteiger partial charge in [-0.1, -0.05) is 41.7 Å². The van der Waals surface area contributed by atoms with Gasteiger partial charge < -0.3 is 9.15 Å². The van der Waals surface area contributed by atoms with E-state index in [1.54, 1.807) is 18.4 Å². The molecule has 1 N–H and O–H groups in total. The lowest BCUT2D eigenvalue weighted by Crippen LogP contribution is -2.30. The summed E-state index contributed by atoms with van der Waals surface area (Å²) < 4.78 is 11.1. The quantitative estimate of drug-likeness (QED) is 0.703. The lowest BCUT2D eigenvalue weighted by Gasteiger charge is -2.17. The fraction of sp³-hybridized carbons (Fsp3) is 0.133. The van der Waals surface area contributed by atoms with Crippen LogP contribution in [0.2, 0.25) is 0 Å². The first-order valence-electron chi connectivity index (χ1n) is 6.78. The number of hydrogen-bond acceptors (Lipinski definition) is 6. The maximum absolute atomic E-state index is 12.4. The lowest BCUT2D eigenvalue weighted by atomic mass is 10.2. The second-order valence-electron chi connectivity index (χ2n) is 4.60. The van der Waals surface area contributed by atoms with Crippen LogP contribution in [0.1, 0.15) is 11.3 Å². The normalized spacial score (nSPS) is 10.4. The Balaban J connectivity index is 1.74. The monoisotopic (exact) mass is 347 g/mol. The van der Waals surface area contributed by atoms with E-state index in [9.17, 15) is 4.79 Å². The zero-order chi connectivity index (χ0) is 16.1. The first-order valence-corrected chi connectivity index (χ1v) is 8.01. The Morgan fingerprint density at radius 2 is 2.13 bits per heavy atom. The number of ether oxygens (including phenoxy) is 1. The zero-order valence-corrected chi connectivity index (χ0v) is 13.6. The van der Waals surface area contributed by atoms with Crippen LogP contribution in [0, 0.1) is 3.95 Å². The first-order chi connectivity index (χ1) is 11.2. The van der Waals surface area contributed by atoms with E-state index in [-0.39, 0.29) is 13.2 Å². The number of carbonyl (C=O) groups excluding carboxylic acids is 1. The molecule has 0 atom stereocenters. The van der Waals surface area contributed by atoms with Crippen LogP contribution in [0.4, 0.5) is 9.93 Å². The minimum atomic E-state index is -0.511. The summed E-state index contributed by atoms with van der Waals surface area (Å²) in [6.45, 7) is 0.404. The molecule has 2 heterocycles. The van der Waals surface area contributed by atoms with Crippen LogP contribution < -0.4 is 4.90 Å². The zero-order valence-electron chi connectivity index (χ0n) is 12.0. The molecule has 0 aliphatic carbocycles. The van der Waals surface area contributed by atoms with E-state index in [4.69, 9.17) is 21.4 Å². The van der Waals surface area contributed by atoms with Crippen molar-refractivity contribution in [3.63, 3.8) is 0 Å². The molecule has 0 aliphatic heterocycles. The van der Waals surface area contributed by atoms with Crippen molar-refractivity contribution in [1.82, 2.24) is 10.2 Å². The van der Waals surface area contributed by atoms with Crippen molar-refractivity contribution in [3.05, 3.63) is 64.0 Å². The molecule has 0 saturated carbocycles. The van der Waals surface area contributed by atoms with Gasteiger partial charge in [-0.2, -0.15) is 0 Å². The molecule has 0 fully saturated rings. The minimum absolute atomic E-state index is 0.185. The molecule has 3 aromatic rings. The van der Waals surface area contributed by atoms with Gasteiger partial charge in [-0.25, -0.2) is 9.69 Å². The summed E-state index contributed by atoms with van der Waals surface area (Å²) in [5, 5.41) is 7.14. The molecule has 6 nitrogen and oxygen atoms in total. The van der Waals surface area contributed by atoms with Gasteiger partial charge >= 0.3 is 6.09 Å². The Hall–Kier alpha value is -2.45. The van der Waals surface area contributed by atoms with Crippen molar-refractivity contribution >= 4 is 34.8 Å². The molecule has 2 aromatic heterocycles. The van der Waals surface area contributed by atoms with Gasteiger partial charge in [-0.15, -0.1) is 5.10 Å². The van der Waals surface area contributed by atoms with Crippen molar-refractivity contribution in [2.75, 3.05) is 4.90 Å². The van der Waals surface area contributed by atoms with E-state index >= 15 is 0 Å². The van der Waals surface area contributed by atoms with Crippen molar-refractivity contribution in [1.29, 1.82) is 0 Å². The molecule has 0 radical (unpaired) electrons. The molecule has 1 aromatic carbocycles. The van der Waals surface area contributed by atoms with Crippen LogP contribution in [0.3, 0.4) is 0 Å². The van der Waals surface area contributed by atoms with Crippen LogP contribution in [0.15, 0.2) is 53.1 Å². The third kappa shape index (κ3) is 4.05. The molecular formula is C15H13N3O3S2. The molecule has 118 valence electrons. The lowest BCUT2D eigenvalue weighted by molar-refractivity contribution is 0.146. The number of hydrogen-bond donors (Lipinski definition) is 1. The van der Waals surface area contributed by atoms with E-state index in [0.717, 1.165) is 5.56 Å². The fourth-order valence-corrected chi connectivity index (χ4v) is 2.77. The van der Waals surface area contributed by atoms with E-state index in [0.29, 0.717) is 14.8 Å². The second-order valence-corrected chi connectivity index (χ2v) is 6.25. The number of anilines is 1. The molecule has 0 saturated heterocycles. The third-order valence-electron chi connectivity index (χ3n) is 2.98. The average Bonchev–Trinajstić information content (AvgIpc) is 3.23. The maximum Gasteiger partial charge on any atom is 0.416 e. The highest BCUT2D eigenvalue weighted by atomic mass is 32.1. The maximum atomic E-state index is 12.4. The summed E-state index contributed by atoms with van der Waals surface area (Å²) in [6.07, 6.45) is 1.04. The number of benzene rings is 1. The van der Waals surface area contributed by atoms with E-state index in [1.807, 2.05) is 30.3 Å². The van der Waals surface area contributed by atoms with Gasteiger partial charge in [-0.05, 0) is 29.9 Å². The van der Waals surface area contributed by atoms with Gasteiger partial charge in [0.2, 0.25) is 5.13 Å². The molecule has 0 aliphatic rings. The third-order valence-corrected chi connectivity index (χ3v) is 4.09. The van der Waals surface area contributed by atoms with Gasteiger partial charge in [0.1, 0.15) is 12.4 Å². The molecule has 0 unspecified atom stereocenters. The standard InChI is InChI=1S/C15H13N3O3S2/c19-15(21-10-11-5-2-1-3-6-11)18(9-12-7-4-8-20-12)13-16-17-14(22)23-13/h1-8H,9-10H2,(H,17,22). The van der Waals surface area contributed by atoms with E-state index < -0.39 is 6.09 Å². The highest BCUT2D eigenvalue weighted by Gasteiger charge is 2.22. The smallest absolute Gasteiger partial charge is 0.416 e. The average molecular weight is 347 g/mol. The molecule has 0 spiro atoms. The van der Waals surface area contributed by atoms with Gasteiger partial charge in [0.25, 0.3) is 0 Å². The van der Waals surface area contributed by atoms with Crippen molar-refractivity contribution < 1.29 is 13.9 Å². The summed E-state index contributed by atoms with van der Waals surface area (Å²) >= 11 is 6.23. The summed E-state index contributed by atoms with van der Waals surface area (Å²) in [5.74, 6) is 0.628. The molecule has 0 bridgehead atoms. The van der Waals surface area contributed by atoms with Crippen molar-refractivity contribution in [3.8, 4) is 0 Å². The predicted octanol–water partition coefficient (Wildman–Crippen LogP) is 4.14. The van der Waals surface area contributed by atoms with Crippen LogP contribution >= 0.6 is 23.6 Å². The number of carbonyl (C=O) groups is 1. The first kappa shape index (κ1) is 15.4. The Labute approximate surface area is 141 Å². The van der Waals surface area contributed by atoms with Crippen molar-refractivity contribution in [2.45, 2.75) is 13.2 Å². The van der Waals surface area contributed by atoms with Gasteiger partial charge in [0.05, 0.1) is 12.8 Å². The van der Waals surface area contributed by atoms with Crippen LogP contribution in [-0.2, 0) is 17.9 Å². The highest BCUT2D eigenvalue weighted by Crippen LogP contribution is 2.21. The summed E-state index contributed by atoms with van der Waals surface area (Å²) in [7, 11) is 0. The molecule has 23 heavy (non-hydrogen) atoms. The summed E-state index contributed by atoms with van der Waals surface area (Å²) in [6, 6.07) is 13.0. The number of rotatable bonds is 5. The number of aromatic amines is 1. The van der Waals surface area contributed by atoms with Gasteiger partial charge in [0, 0.05) is 0 Å². The minimum Gasteiger partial charge on any atom is -0.467 e. The second kappa shape index (κ2) is 7.21. The summed E-state index contributed by atoms with van der Waals surface area (Å²) in [4.78, 5) is 13.8. The molecule has 8 heteroatoms. The summed E-state index contributed by atoms with van der Waals surface area (Å²) in [5.41, 5.74) is 0.911. The number of nitrogens with zero attached hydrogens (tertiary/aromatic N) is 2. The van der Waals surface area contributed by atoms with E-state index in [2.05, 4.69) is 10.2 Å². The Bertz CT molecular complexity index is 812. The van der Waals surface area contributed by atoms with Crippen LogP contribution in [0.5, 0.6) is 0 Å². The molecule has 1 amide bonds. The van der Waals surface area contributed by atoms with Crippen LogP contribution in [0.25, 0.3) is 0 Å². The number of nitrogens with one attached hydrogen (secondary N) is 1. The molecular weight excluding hydrogens is 334 g/mol. The largest absolute Gasteiger partial charge is 0.467 e. The van der Waals surface area contributed by atoms with Gasteiger partial charge in [-0.3, -0.25) is 5.10 Å². The molecule has 3 rings (SSSR count). The number of H-pyrrole nitrogens is 1. The Morgan fingerprint density at radius 1 is 1.30 bits per heavy atom. The van der Waals surface area contributed by atoms with Crippen molar-refractivity contribution in [2.24, 2.45) is 0 Å². The topological polar surface area (TPSA) is 71.4 Å². The highest BCUT2D eigenvalue weighted by molar-refractivity contribution is 7.73. The number of furan rings is 1. The number of amides is 1. The Kier molecular flexibility index (Phi) is 4.84. The Morgan fingerprint density at radius 3 is 2.78 bits per heavy atom. The number of aromatic nitrogens is 2.